The Labute approximate surface area is 302 Å². The van der Waals surface area contributed by atoms with Gasteiger partial charge in [-0.25, -0.2) is 27.4 Å². The van der Waals surface area contributed by atoms with Crippen molar-refractivity contribution in [3.63, 3.8) is 0 Å². The number of benzene rings is 3. The van der Waals surface area contributed by atoms with Crippen LogP contribution in [0.3, 0.4) is 0 Å². The van der Waals surface area contributed by atoms with Crippen LogP contribution in [0.15, 0.2) is 71.8 Å². The van der Waals surface area contributed by atoms with Gasteiger partial charge in [-0.15, -0.1) is 0 Å². The van der Waals surface area contributed by atoms with E-state index in [0.717, 1.165) is 10.8 Å². The minimum absolute atomic E-state index is 0.0559. The van der Waals surface area contributed by atoms with Crippen molar-refractivity contribution in [3.05, 3.63) is 83.8 Å². The monoisotopic (exact) mass is 763 g/mol. The largest absolute Gasteiger partial charge is 0.497 e. The summed E-state index contributed by atoms with van der Waals surface area (Å²) in [5.74, 6) is -3.13. The number of likely N-dealkylation sites (tertiary alicyclic amines) is 1. The molecule has 4 aromatic rings. The topological polar surface area (TPSA) is 190 Å². The Bertz CT molecular complexity index is 2110. The number of sulfone groups is 1. The predicted octanol–water partition coefficient (Wildman–Crippen LogP) is 6.48. The smallest absolute Gasteiger partial charge is 0.490 e. The number of nitrogen functional groups attached to an aromatic ring is 1. The summed E-state index contributed by atoms with van der Waals surface area (Å²) in [6, 6.07) is 13.8. The van der Waals surface area contributed by atoms with Crippen molar-refractivity contribution >= 4 is 55.8 Å². The van der Waals surface area contributed by atoms with Gasteiger partial charge in [0, 0.05) is 35.1 Å². The number of anilines is 3. The van der Waals surface area contributed by atoms with E-state index in [0.29, 0.717) is 47.9 Å². The highest BCUT2D eigenvalue weighted by molar-refractivity contribution is 7.92. The van der Waals surface area contributed by atoms with Gasteiger partial charge in [0.05, 0.1) is 30.4 Å². The number of hydrogen-bond donors (Lipinski definition) is 4. The molecule has 0 saturated carbocycles. The summed E-state index contributed by atoms with van der Waals surface area (Å²) >= 11 is 0. The lowest BCUT2D eigenvalue weighted by Gasteiger charge is -2.32. The zero-order chi connectivity index (χ0) is 39.2. The highest BCUT2D eigenvalue weighted by Gasteiger charge is 2.39. The van der Waals surface area contributed by atoms with Crippen LogP contribution in [0.4, 0.5) is 39.5 Å². The summed E-state index contributed by atoms with van der Waals surface area (Å²) in [6.45, 7) is 3.45. The van der Waals surface area contributed by atoms with Gasteiger partial charge in [-0.1, -0.05) is 0 Å². The van der Waals surface area contributed by atoms with Gasteiger partial charge in [0.15, 0.2) is 9.84 Å². The molecule has 18 heteroatoms. The fraction of sp³-hybridized carbons (Fsp3) is 0.314. The molecule has 1 saturated heterocycles. The number of hydrogen-bond acceptors (Lipinski definition) is 10. The fourth-order valence-electron chi connectivity index (χ4n) is 5.69. The number of aliphatic carboxylic acids is 1. The van der Waals surface area contributed by atoms with Crippen molar-refractivity contribution in [2.75, 3.05) is 37.1 Å². The maximum Gasteiger partial charge on any atom is 0.490 e. The number of nitrogens with zero attached hydrogens (tertiary/aromatic N) is 2. The number of fused-ring (bicyclic) bond motifs is 1. The summed E-state index contributed by atoms with van der Waals surface area (Å²) in [4.78, 5) is 41.2. The maximum absolute atomic E-state index is 15.5. The molecule has 5 rings (SSSR count). The number of alkyl halides is 3. The lowest BCUT2D eigenvalue weighted by atomic mass is 10.00. The van der Waals surface area contributed by atoms with Gasteiger partial charge in [-0.3, -0.25) is 10.1 Å². The molecule has 0 bridgehead atoms. The van der Waals surface area contributed by atoms with Gasteiger partial charge in [-0.05, 0) is 98.3 Å². The van der Waals surface area contributed by atoms with Crippen molar-refractivity contribution in [1.82, 2.24) is 9.88 Å². The second-order valence-corrected chi connectivity index (χ2v) is 14.5. The first-order valence-corrected chi connectivity index (χ1v) is 17.5. The summed E-state index contributed by atoms with van der Waals surface area (Å²) in [7, 11) is -1.13. The zero-order valence-corrected chi connectivity index (χ0v) is 29.7. The van der Waals surface area contributed by atoms with Crippen molar-refractivity contribution in [3.8, 4) is 5.75 Å². The highest BCUT2D eigenvalue weighted by atomic mass is 32.2. The Balaban J connectivity index is 0.000000815. The number of methoxy groups -OCH3 is 2. The van der Waals surface area contributed by atoms with Crippen molar-refractivity contribution in [2.24, 2.45) is 0 Å². The number of amides is 2. The van der Waals surface area contributed by atoms with Gasteiger partial charge in [0.1, 0.15) is 23.4 Å². The molecule has 1 fully saturated rings. The molecule has 1 aliphatic rings. The van der Waals surface area contributed by atoms with Crippen LogP contribution in [0.1, 0.15) is 49.9 Å². The number of carbonyl (C=O) groups is 3. The third-order valence-electron chi connectivity index (χ3n) is 8.37. The molecular formula is C35H37F4N5O8S. The minimum atomic E-state index is -5.08. The highest BCUT2D eigenvalue weighted by Crippen LogP contribution is 2.40. The van der Waals surface area contributed by atoms with E-state index in [4.69, 9.17) is 25.1 Å². The standard InChI is InChI=1S/C33H36FN5O6S.C2HF3O2/c1-19(2)46(42,43)29-12-8-22(38-33(41)45-4)17-26(29)28-6-5-15-39(28)32(40)30(25-18-23(44-3)9-11-27(25)34)37-21-7-10-24-20(16-21)13-14-36-31(24)35;3-2(4,5)1(6)7/h7-14,16-19,28,30,37H,5-6,15H2,1-4H3,(H2,35,36)(H,38,41);(H,6,7)/t28-,30+;/m1./s1. The third kappa shape index (κ3) is 9.24. The molecule has 0 spiro atoms. The lowest BCUT2D eigenvalue weighted by Crippen LogP contribution is -2.38. The predicted molar refractivity (Wildman–Crippen MR) is 188 cm³/mol. The molecule has 0 radical (unpaired) electrons. The van der Waals surface area contributed by atoms with Crippen LogP contribution >= 0.6 is 0 Å². The number of halogens is 4. The number of carboxylic acids is 1. The number of carbonyl (C=O) groups excluding carboxylic acids is 2. The van der Waals surface area contributed by atoms with Crippen LogP contribution in [-0.4, -0.2) is 73.6 Å². The third-order valence-corrected chi connectivity index (χ3v) is 10.6. The van der Waals surface area contributed by atoms with Crippen LogP contribution in [0.5, 0.6) is 5.75 Å². The van der Waals surface area contributed by atoms with E-state index in [1.54, 1.807) is 55.3 Å². The lowest BCUT2D eigenvalue weighted by molar-refractivity contribution is -0.192. The minimum Gasteiger partial charge on any atom is -0.497 e. The number of carboxylic acid groups (broad SMARTS) is 1. The molecular weight excluding hydrogens is 726 g/mol. The molecule has 1 aliphatic heterocycles. The summed E-state index contributed by atoms with van der Waals surface area (Å²) in [6.07, 6.45) is -3.21. The molecule has 2 amide bonds. The van der Waals surface area contributed by atoms with E-state index in [-0.39, 0.29) is 10.5 Å². The van der Waals surface area contributed by atoms with Crippen LogP contribution in [0.25, 0.3) is 10.8 Å². The van der Waals surface area contributed by atoms with E-state index >= 15 is 4.39 Å². The van der Waals surface area contributed by atoms with Gasteiger partial charge in [-0.2, -0.15) is 13.2 Å². The summed E-state index contributed by atoms with van der Waals surface area (Å²) < 4.78 is 84.4. The molecule has 284 valence electrons. The number of aromatic nitrogens is 1. The van der Waals surface area contributed by atoms with Gasteiger partial charge >= 0.3 is 18.2 Å². The number of nitrogens with one attached hydrogen (secondary N) is 2. The first kappa shape index (κ1) is 40.1. The van der Waals surface area contributed by atoms with E-state index in [2.05, 4.69) is 15.6 Å². The molecule has 0 unspecified atom stereocenters. The van der Waals surface area contributed by atoms with Crippen molar-refractivity contribution < 1.29 is 54.9 Å². The van der Waals surface area contributed by atoms with E-state index in [1.807, 2.05) is 0 Å². The van der Waals surface area contributed by atoms with E-state index in [9.17, 15) is 31.2 Å². The number of ether oxygens (including phenoxy) is 2. The average Bonchev–Trinajstić information content (AvgIpc) is 3.60. The Morgan fingerprint density at radius 2 is 1.70 bits per heavy atom. The van der Waals surface area contributed by atoms with Gasteiger partial charge in [0.2, 0.25) is 5.91 Å². The SMILES string of the molecule is COC(=O)Nc1ccc(S(=O)(=O)C(C)C)c([C@H]2CCCN2C(=O)[C@@H](Nc2ccc3c(N)nccc3c2)c2cc(OC)ccc2F)c1.O=C(O)C(F)(F)F. The molecule has 53 heavy (non-hydrogen) atoms. The van der Waals surface area contributed by atoms with Crippen LogP contribution in [0.2, 0.25) is 0 Å². The molecule has 5 N–H and O–H groups in total. The van der Waals surface area contributed by atoms with E-state index in [1.165, 1.54) is 44.6 Å². The van der Waals surface area contributed by atoms with E-state index < -0.39 is 57.1 Å². The number of rotatable bonds is 9. The molecule has 2 atom stereocenters. The molecule has 0 aliphatic carbocycles. The average molecular weight is 764 g/mol. The Morgan fingerprint density at radius 1 is 1.02 bits per heavy atom. The second-order valence-electron chi connectivity index (χ2n) is 12.1. The van der Waals surface area contributed by atoms with Gasteiger partial charge in [0.25, 0.3) is 0 Å². The van der Waals surface area contributed by atoms with Gasteiger partial charge < -0.3 is 30.5 Å². The number of nitrogens with two attached hydrogens (primary N) is 1. The molecule has 1 aromatic heterocycles. The van der Waals surface area contributed by atoms with Crippen molar-refractivity contribution in [1.29, 1.82) is 0 Å². The summed E-state index contributed by atoms with van der Waals surface area (Å²) in [5.41, 5.74) is 7.28. The molecule has 3 aromatic carbocycles. The van der Waals surface area contributed by atoms with Crippen LogP contribution in [0, 0.1) is 5.82 Å². The quantitative estimate of drug-likeness (QED) is 0.137. The maximum atomic E-state index is 15.5. The molecule has 13 nitrogen and oxygen atoms in total. The van der Waals surface area contributed by atoms with Crippen LogP contribution < -0.4 is 21.1 Å². The fourth-order valence-corrected chi connectivity index (χ4v) is 6.98. The first-order valence-electron chi connectivity index (χ1n) is 16.0. The van der Waals surface area contributed by atoms with Crippen molar-refractivity contribution in [2.45, 2.75) is 55.1 Å². The normalized spacial score (nSPS) is 15.0. The molecule has 2 heterocycles. The van der Waals surface area contributed by atoms with Crippen LogP contribution in [-0.2, 0) is 24.2 Å². The summed E-state index contributed by atoms with van der Waals surface area (Å²) in [5, 5.41) is 13.7. The first-order chi connectivity index (χ1) is 24.9. The number of pyridine rings is 1. The second kappa shape index (κ2) is 16.4. The Kier molecular flexibility index (Phi) is 12.4. The Hall–Kier alpha value is -5.65. The zero-order valence-electron chi connectivity index (χ0n) is 28.9. The Morgan fingerprint density at radius 3 is 2.32 bits per heavy atom.